The zero-order chi connectivity index (χ0) is 18.4. The second kappa shape index (κ2) is 9.05. The van der Waals surface area contributed by atoms with Crippen LogP contribution in [0, 0.1) is 3.57 Å². The fourth-order valence-corrected chi connectivity index (χ4v) is 2.68. The van der Waals surface area contributed by atoms with Crippen LogP contribution >= 0.6 is 34.2 Å². The molecule has 5 nitrogen and oxygen atoms in total. The van der Waals surface area contributed by atoms with Crippen molar-refractivity contribution in [3.63, 3.8) is 0 Å². The number of carbonyl (C=O) groups is 1. The van der Waals surface area contributed by atoms with Gasteiger partial charge >= 0.3 is 0 Å². The first-order valence-electron chi connectivity index (χ1n) is 7.55. The van der Waals surface area contributed by atoms with E-state index in [0.29, 0.717) is 22.3 Å². The van der Waals surface area contributed by atoms with Gasteiger partial charge in [-0.1, -0.05) is 11.6 Å². The molecule has 2 rings (SSSR count). The lowest BCUT2D eigenvalue weighted by Gasteiger charge is -2.14. The van der Waals surface area contributed by atoms with E-state index in [1.807, 2.05) is 18.2 Å². The average molecular weight is 473 g/mol. The van der Waals surface area contributed by atoms with Gasteiger partial charge in [0.2, 0.25) is 0 Å². The molecule has 0 spiro atoms. The highest BCUT2D eigenvalue weighted by atomic mass is 127. The van der Waals surface area contributed by atoms with Crippen molar-refractivity contribution in [1.82, 2.24) is 5.43 Å². The summed E-state index contributed by atoms with van der Waals surface area (Å²) in [5.41, 5.74) is 3.20. The summed E-state index contributed by atoms with van der Waals surface area (Å²) in [5, 5.41) is 4.41. The molecule has 0 fully saturated rings. The van der Waals surface area contributed by atoms with Crippen LogP contribution in [0.1, 0.15) is 20.8 Å². The monoisotopic (exact) mass is 472 g/mol. The van der Waals surface area contributed by atoms with Crippen LogP contribution in [0.3, 0.4) is 0 Å². The number of rotatable bonds is 6. The van der Waals surface area contributed by atoms with Gasteiger partial charge in [-0.25, -0.2) is 5.43 Å². The molecule has 0 heterocycles. The molecule has 0 radical (unpaired) electrons. The Bertz CT molecular complexity index is 774. The quantitative estimate of drug-likeness (QED) is 0.365. The summed E-state index contributed by atoms with van der Waals surface area (Å²) in [4.78, 5) is 11.8. The fourth-order valence-electron chi connectivity index (χ4n) is 1.79. The molecule has 0 bridgehead atoms. The van der Waals surface area contributed by atoms with E-state index in [4.69, 9.17) is 21.1 Å². The van der Waals surface area contributed by atoms with E-state index in [1.54, 1.807) is 45.0 Å². The Labute approximate surface area is 165 Å². The predicted molar refractivity (Wildman–Crippen MR) is 108 cm³/mol. The van der Waals surface area contributed by atoms with Gasteiger partial charge in [-0.15, -0.1) is 0 Å². The van der Waals surface area contributed by atoms with E-state index >= 15 is 0 Å². The maximum absolute atomic E-state index is 11.8. The molecule has 1 amide bonds. The van der Waals surface area contributed by atoms with Crippen molar-refractivity contribution in [2.75, 3.05) is 0 Å². The molecular formula is C18H18ClIN2O3. The summed E-state index contributed by atoms with van der Waals surface area (Å²) in [6, 6.07) is 12.5. The Balaban J connectivity index is 1.97. The number of carbonyl (C=O) groups excluding carboxylic acids is 1. The van der Waals surface area contributed by atoms with Crippen molar-refractivity contribution in [1.29, 1.82) is 0 Å². The van der Waals surface area contributed by atoms with Crippen molar-refractivity contribution >= 4 is 45.8 Å². The number of halogens is 2. The number of nitrogens with zero attached hydrogens (tertiary/aromatic N) is 1. The van der Waals surface area contributed by atoms with Gasteiger partial charge in [0.15, 0.2) is 6.10 Å². The molecular weight excluding hydrogens is 455 g/mol. The summed E-state index contributed by atoms with van der Waals surface area (Å²) in [7, 11) is 0. The van der Waals surface area contributed by atoms with Crippen molar-refractivity contribution < 1.29 is 14.3 Å². The van der Waals surface area contributed by atoms with Crippen LogP contribution in [-0.4, -0.2) is 17.7 Å². The highest BCUT2D eigenvalue weighted by molar-refractivity contribution is 14.1. The van der Waals surface area contributed by atoms with Gasteiger partial charge in [-0.3, -0.25) is 4.79 Å². The summed E-state index contributed by atoms with van der Waals surface area (Å²) >= 11 is 8.34. The second-order valence-electron chi connectivity index (χ2n) is 5.44. The van der Waals surface area contributed by atoms with Crippen LogP contribution < -0.4 is 14.9 Å². The fraction of sp³-hybridized carbons (Fsp3) is 0.222. The maximum Gasteiger partial charge on any atom is 0.280 e. The molecule has 2 aromatic carbocycles. The average Bonchev–Trinajstić information content (AvgIpc) is 2.56. The van der Waals surface area contributed by atoms with E-state index in [-0.39, 0.29) is 5.91 Å². The van der Waals surface area contributed by atoms with Crippen molar-refractivity contribution in [3.05, 3.63) is 51.1 Å². The third-order valence-corrected chi connectivity index (χ3v) is 3.98. The Morgan fingerprint density at radius 2 is 1.80 bits per heavy atom. The minimum Gasteiger partial charge on any atom is -0.481 e. The number of hydrogen-bond donors (Lipinski definition) is 1. The van der Waals surface area contributed by atoms with Crippen LogP contribution in [-0.2, 0) is 4.79 Å². The van der Waals surface area contributed by atoms with E-state index in [9.17, 15) is 4.79 Å². The van der Waals surface area contributed by atoms with E-state index < -0.39 is 6.10 Å². The number of hydrogen-bond acceptors (Lipinski definition) is 4. The first-order valence-corrected chi connectivity index (χ1v) is 9.01. The third kappa shape index (κ3) is 6.21. The molecule has 0 aliphatic heterocycles. The molecule has 1 atom stereocenters. The molecule has 1 N–H and O–H groups in total. The molecule has 0 saturated carbocycles. The maximum atomic E-state index is 11.8. The van der Waals surface area contributed by atoms with Gasteiger partial charge in [0.1, 0.15) is 17.2 Å². The van der Waals surface area contributed by atoms with Crippen molar-refractivity contribution in [3.8, 4) is 17.2 Å². The van der Waals surface area contributed by atoms with E-state index in [0.717, 1.165) is 9.28 Å². The topological polar surface area (TPSA) is 59.9 Å². The lowest BCUT2D eigenvalue weighted by atomic mass is 10.3. The number of nitrogens with one attached hydrogen (secondary N) is 1. The van der Waals surface area contributed by atoms with Gasteiger partial charge in [-0.05, 0) is 85.8 Å². The molecule has 0 unspecified atom stereocenters. The molecule has 25 heavy (non-hydrogen) atoms. The van der Waals surface area contributed by atoms with E-state index in [1.165, 1.54) is 0 Å². The number of ether oxygens (including phenoxy) is 2. The van der Waals surface area contributed by atoms with Gasteiger partial charge in [0, 0.05) is 9.28 Å². The van der Waals surface area contributed by atoms with Crippen LogP contribution in [0.2, 0.25) is 5.02 Å². The van der Waals surface area contributed by atoms with Crippen LogP contribution in [0.15, 0.2) is 47.6 Å². The molecule has 0 saturated heterocycles. The first-order chi connectivity index (χ1) is 11.8. The third-order valence-electron chi connectivity index (χ3n) is 3.02. The smallest absolute Gasteiger partial charge is 0.280 e. The summed E-state index contributed by atoms with van der Waals surface area (Å²) < 4.78 is 12.4. The number of hydrazone groups is 1. The molecule has 0 aliphatic carbocycles. The lowest BCUT2D eigenvalue weighted by Crippen LogP contribution is -2.33. The zero-order valence-electron chi connectivity index (χ0n) is 14.0. The molecule has 7 heteroatoms. The van der Waals surface area contributed by atoms with Crippen LogP contribution in [0.4, 0.5) is 0 Å². The molecule has 2 aromatic rings. The minimum atomic E-state index is -0.666. The molecule has 132 valence electrons. The van der Waals surface area contributed by atoms with Gasteiger partial charge in [0.05, 0.1) is 5.02 Å². The second-order valence-corrected chi connectivity index (χ2v) is 7.10. The Hall–Kier alpha value is -1.80. The minimum absolute atomic E-state index is 0.313. The largest absolute Gasteiger partial charge is 0.481 e. The van der Waals surface area contributed by atoms with Gasteiger partial charge < -0.3 is 9.47 Å². The van der Waals surface area contributed by atoms with Crippen molar-refractivity contribution in [2.24, 2.45) is 5.10 Å². The van der Waals surface area contributed by atoms with Crippen molar-refractivity contribution in [2.45, 2.75) is 26.9 Å². The lowest BCUT2D eigenvalue weighted by molar-refractivity contribution is -0.127. The Kier molecular flexibility index (Phi) is 7.07. The first kappa shape index (κ1) is 19.5. The Morgan fingerprint density at radius 1 is 1.16 bits per heavy atom. The molecule has 0 aromatic heterocycles. The SMILES string of the molecule is CC(C)=NNC(=O)[C@@H](C)Oc1ccc(Oc2ccc(I)cc2Cl)cc1. The zero-order valence-corrected chi connectivity index (χ0v) is 17.0. The van der Waals surface area contributed by atoms with E-state index in [2.05, 4.69) is 33.1 Å². The highest BCUT2D eigenvalue weighted by Gasteiger charge is 2.14. The molecule has 0 aliphatic rings. The van der Waals surface area contributed by atoms with Gasteiger partial charge in [-0.2, -0.15) is 5.10 Å². The Morgan fingerprint density at radius 3 is 2.40 bits per heavy atom. The van der Waals surface area contributed by atoms with Crippen LogP contribution in [0.5, 0.6) is 17.2 Å². The summed E-state index contributed by atoms with van der Waals surface area (Å²) in [5.74, 6) is 1.45. The number of amides is 1. The van der Waals surface area contributed by atoms with Crippen LogP contribution in [0.25, 0.3) is 0 Å². The number of benzene rings is 2. The summed E-state index contributed by atoms with van der Waals surface area (Å²) in [6.07, 6.45) is -0.666. The normalized spacial score (nSPS) is 11.4. The van der Waals surface area contributed by atoms with Gasteiger partial charge in [0.25, 0.3) is 5.91 Å². The standard InChI is InChI=1S/C18H18ClIN2O3/c1-11(2)21-22-18(23)12(3)24-14-5-7-15(8-6-14)25-17-9-4-13(20)10-16(17)19/h4-10,12H,1-3H3,(H,22,23)/t12-/m1/s1. The predicted octanol–water partition coefficient (Wildman–Crippen LogP) is 5.02. The highest BCUT2D eigenvalue weighted by Crippen LogP contribution is 2.31. The summed E-state index contributed by atoms with van der Waals surface area (Å²) in [6.45, 7) is 5.25.